The van der Waals surface area contributed by atoms with Gasteiger partial charge >= 0.3 is 6.18 Å². The highest BCUT2D eigenvalue weighted by Gasteiger charge is 2.37. The third-order valence-electron chi connectivity index (χ3n) is 5.09. The lowest BCUT2D eigenvalue weighted by Crippen LogP contribution is -2.37. The Morgan fingerprint density at radius 1 is 1.18 bits per heavy atom. The van der Waals surface area contributed by atoms with Gasteiger partial charge in [-0.05, 0) is 43.5 Å². The van der Waals surface area contributed by atoms with Gasteiger partial charge in [0.1, 0.15) is 6.23 Å². The van der Waals surface area contributed by atoms with Gasteiger partial charge in [-0.25, -0.2) is 0 Å². The van der Waals surface area contributed by atoms with Crippen LogP contribution in [0, 0.1) is 17.2 Å². The normalized spacial score (nSPS) is 15.2. The molecule has 28 heavy (non-hydrogen) atoms. The van der Waals surface area contributed by atoms with Crippen molar-refractivity contribution in [3.8, 4) is 17.6 Å². The highest BCUT2D eigenvalue weighted by Crippen LogP contribution is 2.40. The molecule has 0 spiro atoms. The van der Waals surface area contributed by atoms with E-state index in [0.717, 1.165) is 5.56 Å². The minimum atomic E-state index is -4.43. The van der Waals surface area contributed by atoms with E-state index in [1.54, 1.807) is 12.1 Å². The Kier molecular flexibility index (Phi) is 8.58. The van der Waals surface area contributed by atoms with Crippen LogP contribution in [0.4, 0.5) is 13.2 Å². The summed E-state index contributed by atoms with van der Waals surface area (Å²) in [4.78, 5) is 1.25. The second kappa shape index (κ2) is 9.99. The van der Waals surface area contributed by atoms with Crippen LogP contribution >= 0.6 is 0 Å². The van der Waals surface area contributed by atoms with E-state index in [4.69, 9.17) is 9.47 Å². The molecule has 0 aliphatic rings. The number of nitrogens with zero attached hydrogens (tertiary/aromatic N) is 2. The maximum Gasteiger partial charge on any atom is 0.392 e. The molecule has 2 atom stereocenters. The third-order valence-corrected chi connectivity index (χ3v) is 5.09. The van der Waals surface area contributed by atoms with Gasteiger partial charge in [-0.3, -0.25) is 4.90 Å². The van der Waals surface area contributed by atoms with Crippen molar-refractivity contribution in [2.24, 2.45) is 5.92 Å². The Bertz CT molecular complexity index is 674. The molecule has 0 saturated carbocycles. The first kappa shape index (κ1) is 24.1. The number of alkyl halides is 3. The molecule has 0 fully saturated rings. The van der Waals surface area contributed by atoms with Gasteiger partial charge in [0.05, 0.1) is 32.1 Å². The molecule has 0 radical (unpaired) electrons. The van der Waals surface area contributed by atoms with Gasteiger partial charge in [-0.1, -0.05) is 19.9 Å². The lowest BCUT2D eigenvalue weighted by Gasteiger charge is -2.33. The van der Waals surface area contributed by atoms with Gasteiger partial charge in [0.2, 0.25) is 0 Å². The molecule has 1 rings (SSSR count). The van der Waals surface area contributed by atoms with Crippen molar-refractivity contribution >= 4 is 0 Å². The molecule has 8 heteroatoms. The van der Waals surface area contributed by atoms with Crippen LogP contribution < -0.4 is 9.47 Å². The molecule has 5 nitrogen and oxygen atoms in total. The Labute approximate surface area is 164 Å². The van der Waals surface area contributed by atoms with Gasteiger partial charge in [0.25, 0.3) is 0 Å². The number of rotatable bonds is 10. The average molecular weight is 402 g/mol. The minimum Gasteiger partial charge on any atom is -0.493 e. The fourth-order valence-electron chi connectivity index (χ4n) is 3.25. The number of methoxy groups -OCH3 is 2. The maximum absolute atomic E-state index is 12.4. The first-order chi connectivity index (χ1) is 13.0. The fraction of sp³-hybridized carbons (Fsp3) is 0.650. The zero-order valence-corrected chi connectivity index (χ0v) is 17.0. The second-order valence-electron chi connectivity index (χ2n) is 7.19. The molecule has 0 saturated heterocycles. The number of aliphatic hydroxyl groups excluding tert-OH is 1. The lowest BCUT2D eigenvalue weighted by molar-refractivity contribution is -0.171. The Morgan fingerprint density at radius 2 is 1.79 bits per heavy atom. The zero-order valence-electron chi connectivity index (χ0n) is 17.0. The van der Waals surface area contributed by atoms with Crippen molar-refractivity contribution in [1.29, 1.82) is 5.26 Å². The highest BCUT2D eigenvalue weighted by molar-refractivity contribution is 5.47. The molecule has 0 aliphatic carbocycles. The van der Waals surface area contributed by atoms with E-state index in [2.05, 4.69) is 6.07 Å². The predicted octanol–water partition coefficient (Wildman–Crippen LogP) is 4.10. The van der Waals surface area contributed by atoms with E-state index in [-0.39, 0.29) is 12.5 Å². The van der Waals surface area contributed by atoms with Crippen LogP contribution in [0.1, 0.15) is 38.7 Å². The van der Waals surface area contributed by atoms with E-state index < -0.39 is 24.2 Å². The van der Waals surface area contributed by atoms with Gasteiger partial charge in [0.15, 0.2) is 11.5 Å². The summed E-state index contributed by atoms with van der Waals surface area (Å²) in [6, 6.07) is 7.72. The van der Waals surface area contributed by atoms with Crippen molar-refractivity contribution in [2.75, 3.05) is 27.8 Å². The van der Waals surface area contributed by atoms with Crippen LogP contribution in [0.15, 0.2) is 18.2 Å². The Balaban J connectivity index is 2.97. The Hall–Kier alpha value is -1.98. The van der Waals surface area contributed by atoms with Gasteiger partial charge in [-0.15, -0.1) is 0 Å². The number of aliphatic hydroxyl groups is 1. The van der Waals surface area contributed by atoms with Crippen molar-refractivity contribution in [2.45, 2.75) is 50.9 Å². The summed E-state index contributed by atoms with van der Waals surface area (Å²) in [6.45, 7) is 4.10. The largest absolute Gasteiger partial charge is 0.493 e. The van der Waals surface area contributed by atoms with Crippen LogP contribution in [-0.4, -0.2) is 50.2 Å². The Morgan fingerprint density at radius 3 is 2.25 bits per heavy atom. The lowest BCUT2D eigenvalue weighted by atomic mass is 9.69. The van der Waals surface area contributed by atoms with Crippen LogP contribution in [-0.2, 0) is 5.41 Å². The molecule has 158 valence electrons. The van der Waals surface area contributed by atoms with Gasteiger partial charge < -0.3 is 14.6 Å². The molecule has 0 aliphatic heterocycles. The number of nitriles is 1. The SMILES string of the molecule is COc1ccc(C(C#N)(CCCN(C)C(O)CC(F)(F)F)C(C)C)cc1OC. The van der Waals surface area contributed by atoms with E-state index in [0.29, 0.717) is 24.3 Å². The van der Waals surface area contributed by atoms with Gasteiger partial charge in [0, 0.05) is 6.54 Å². The number of hydrogen-bond acceptors (Lipinski definition) is 5. The summed E-state index contributed by atoms with van der Waals surface area (Å²) in [5.74, 6) is 1.02. The maximum atomic E-state index is 12.4. The number of benzene rings is 1. The number of halogens is 3. The standard InChI is InChI=1S/C20H29F3N2O3/c1-14(2)19(13-24,15-7-8-16(27-4)17(11-15)28-5)9-6-10-25(3)18(26)12-20(21,22)23/h7-8,11,14,18,26H,6,9-10,12H2,1-5H3. The summed E-state index contributed by atoms with van der Waals surface area (Å²) < 4.78 is 47.9. The van der Waals surface area contributed by atoms with Crippen LogP contribution in [0.3, 0.4) is 0 Å². The first-order valence-electron chi connectivity index (χ1n) is 9.09. The fourth-order valence-corrected chi connectivity index (χ4v) is 3.25. The van der Waals surface area contributed by atoms with E-state index in [9.17, 15) is 23.5 Å². The minimum absolute atomic E-state index is 0.0407. The van der Waals surface area contributed by atoms with Crippen LogP contribution in [0.2, 0.25) is 0 Å². The van der Waals surface area contributed by atoms with E-state index in [1.807, 2.05) is 19.9 Å². The number of ether oxygens (including phenoxy) is 2. The molecule has 0 bridgehead atoms. The summed E-state index contributed by atoms with van der Waals surface area (Å²) in [6.07, 6.45) is -6.43. The second-order valence-corrected chi connectivity index (χ2v) is 7.19. The highest BCUT2D eigenvalue weighted by atomic mass is 19.4. The summed E-state index contributed by atoms with van der Waals surface area (Å²) in [5, 5.41) is 19.7. The van der Waals surface area contributed by atoms with Crippen molar-refractivity contribution < 1.29 is 27.8 Å². The summed E-state index contributed by atoms with van der Waals surface area (Å²) in [5.41, 5.74) is -0.0730. The van der Waals surface area contributed by atoms with Crippen LogP contribution in [0.25, 0.3) is 0 Å². The monoisotopic (exact) mass is 402 g/mol. The van der Waals surface area contributed by atoms with Crippen molar-refractivity contribution in [1.82, 2.24) is 4.90 Å². The molecule has 0 aromatic heterocycles. The topological polar surface area (TPSA) is 65.7 Å². The zero-order chi connectivity index (χ0) is 21.5. The average Bonchev–Trinajstić information content (AvgIpc) is 2.63. The molecule has 1 N–H and O–H groups in total. The first-order valence-corrected chi connectivity index (χ1v) is 9.09. The smallest absolute Gasteiger partial charge is 0.392 e. The van der Waals surface area contributed by atoms with Gasteiger partial charge in [-0.2, -0.15) is 18.4 Å². The summed E-state index contributed by atoms with van der Waals surface area (Å²) >= 11 is 0. The molecule has 1 aromatic rings. The molecule has 0 amide bonds. The summed E-state index contributed by atoms with van der Waals surface area (Å²) in [7, 11) is 4.48. The molecular formula is C20H29F3N2O3. The molecule has 0 heterocycles. The predicted molar refractivity (Wildman–Crippen MR) is 100 cm³/mol. The quantitative estimate of drug-likeness (QED) is 0.597. The van der Waals surface area contributed by atoms with Crippen molar-refractivity contribution in [3.05, 3.63) is 23.8 Å². The molecule has 1 aromatic carbocycles. The van der Waals surface area contributed by atoms with Crippen molar-refractivity contribution in [3.63, 3.8) is 0 Å². The van der Waals surface area contributed by atoms with E-state index in [1.165, 1.54) is 26.2 Å². The number of hydrogen-bond donors (Lipinski definition) is 1. The molecular weight excluding hydrogens is 373 g/mol. The third kappa shape index (κ3) is 6.01. The van der Waals surface area contributed by atoms with Crippen LogP contribution in [0.5, 0.6) is 11.5 Å². The molecule has 2 unspecified atom stereocenters. The van der Waals surface area contributed by atoms with E-state index >= 15 is 0 Å².